The molecular weight excluding hydrogens is 293 g/mol. The molecule has 0 saturated heterocycles. The average molecular weight is 317 g/mol. The first kappa shape index (κ1) is 18.0. The summed E-state index contributed by atoms with van der Waals surface area (Å²) in [5, 5.41) is 0. The van der Waals surface area contributed by atoms with Crippen LogP contribution >= 0.6 is 0 Å². The molecule has 0 spiro atoms. The van der Waals surface area contributed by atoms with Gasteiger partial charge in [-0.15, -0.1) is 0 Å². The predicted octanol–water partition coefficient (Wildman–Crippen LogP) is 1.25. The summed E-state index contributed by atoms with van der Waals surface area (Å²) in [4.78, 5) is 1.60. The SMILES string of the molecule is CCN(C(C)CN(C)C)S(=O)(=O)c1ccc(CN)cc1F. The zero-order valence-electron chi connectivity index (χ0n) is 13.0. The maximum Gasteiger partial charge on any atom is 0.246 e. The molecule has 1 unspecified atom stereocenters. The molecule has 0 heterocycles. The molecule has 1 atom stereocenters. The van der Waals surface area contributed by atoms with Gasteiger partial charge in [-0.1, -0.05) is 13.0 Å². The lowest BCUT2D eigenvalue weighted by Crippen LogP contribution is -2.43. The Morgan fingerprint density at radius 3 is 2.38 bits per heavy atom. The second-order valence-electron chi connectivity index (χ2n) is 5.29. The first-order valence-corrected chi connectivity index (χ1v) is 8.33. The third kappa shape index (κ3) is 4.23. The van der Waals surface area contributed by atoms with Crippen LogP contribution in [-0.4, -0.2) is 50.8 Å². The summed E-state index contributed by atoms with van der Waals surface area (Å²) in [6.07, 6.45) is 0. The minimum Gasteiger partial charge on any atom is -0.326 e. The van der Waals surface area contributed by atoms with Crippen LogP contribution in [0, 0.1) is 5.82 Å². The highest BCUT2D eigenvalue weighted by Gasteiger charge is 2.30. The van der Waals surface area contributed by atoms with Crippen molar-refractivity contribution in [3.05, 3.63) is 29.6 Å². The van der Waals surface area contributed by atoms with Crippen molar-refractivity contribution in [1.29, 1.82) is 0 Å². The standard InChI is InChI=1S/C14H24FN3O2S/c1-5-18(11(2)10-17(3)4)21(19,20)14-7-6-12(9-16)8-13(14)15/h6-8,11H,5,9-10,16H2,1-4H3. The summed E-state index contributed by atoms with van der Waals surface area (Å²) < 4.78 is 40.7. The summed E-state index contributed by atoms with van der Waals surface area (Å²) >= 11 is 0. The fourth-order valence-electron chi connectivity index (χ4n) is 2.34. The molecule has 7 heteroatoms. The van der Waals surface area contributed by atoms with E-state index >= 15 is 0 Å². The number of nitrogens with two attached hydrogens (primary N) is 1. The lowest BCUT2D eigenvalue weighted by atomic mass is 10.2. The van der Waals surface area contributed by atoms with Gasteiger partial charge in [0.25, 0.3) is 0 Å². The highest BCUT2D eigenvalue weighted by atomic mass is 32.2. The van der Waals surface area contributed by atoms with Gasteiger partial charge in [-0.05, 0) is 38.7 Å². The van der Waals surface area contributed by atoms with E-state index in [9.17, 15) is 12.8 Å². The van der Waals surface area contributed by atoms with Crippen molar-refractivity contribution >= 4 is 10.0 Å². The first-order chi connectivity index (χ1) is 9.73. The van der Waals surface area contributed by atoms with Gasteiger partial charge in [0.2, 0.25) is 10.0 Å². The Balaban J connectivity index is 3.18. The van der Waals surface area contributed by atoms with E-state index in [-0.39, 0.29) is 24.0 Å². The normalized spacial score (nSPS) is 13.9. The highest BCUT2D eigenvalue weighted by Crippen LogP contribution is 2.22. The summed E-state index contributed by atoms with van der Waals surface area (Å²) in [6, 6.07) is 3.76. The van der Waals surface area contributed by atoms with Gasteiger partial charge < -0.3 is 10.6 Å². The monoisotopic (exact) mass is 317 g/mol. The molecule has 0 fully saturated rings. The molecule has 1 rings (SSSR count). The van der Waals surface area contributed by atoms with Crippen LogP contribution in [-0.2, 0) is 16.6 Å². The molecule has 0 aliphatic carbocycles. The smallest absolute Gasteiger partial charge is 0.246 e. The van der Waals surface area contributed by atoms with Gasteiger partial charge in [0.05, 0.1) is 0 Å². The minimum absolute atomic E-state index is 0.172. The van der Waals surface area contributed by atoms with E-state index in [1.807, 2.05) is 25.9 Å². The Kier molecular flexibility index (Phi) is 6.27. The highest BCUT2D eigenvalue weighted by molar-refractivity contribution is 7.89. The van der Waals surface area contributed by atoms with E-state index in [1.54, 1.807) is 13.0 Å². The molecule has 0 saturated carbocycles. The third-order valence-corrected chi connectivity index (χ3v) is 5.37. The van der Waals surface area contributed by atoms with E-state index < -0.39 is 15.8 Å². The van der Waals surface area contributed by atoms with Crippen LogP contribution in [0.3, 0.4) is 0 Å². The van der Waals surface area contributed by atoms with Crippen molar-refractivity contribution in [2.75, 3.05) is 27.2 Å². The topological polar surface area (TPSA) is 66.6 Å². The van der Waals surface area contributed by atoms with E-state index in [0.29, 0.717) is 12.1 Å². The Hall–Kier alpha value is -1.02. The van der Waals surface area contributed by atoms with Crippen LogP contribution in [0.4, 0.5) is 4.39 Å². The van der Waals surface area contributed by atoms with Gasteiger partial charge in [-0.25, -0.2) is 12.8 Å². The molecule has 0 aliphatic rings. The van der Waals surface area contributed by atoms with Crippen molar-refractivity contribution in [3.8, 4) is 0 Å². The van der Waals surface area contributed by atoms with Crippen molar-refractivity contribution in [2.24, 2.45) is 5.73 Å². The lowest BCUT2D eigenvalue weighted by Gasteiger charge is -2.29. The molecule has 0 aromatic heterocycles. The number of likely N-dealkylation sites (N-methyl/N-ethyl adjacent to an activating group) is 2. The van der Waals surface area contributed by atoms with Gasteiger partial charge in [-0.2, -0.15) is 4.31 Å². The molecular formula is C14H24FN3O2S. The zero-order chi connectivity index (χ0) is 16.2. The third-order valence-electron chi connectivity index (χ3n) is 3.25. The predicted molar refractivity (Wildman–Crippen MR) is 81.9 cm³/mol. The van der Waals surface area contributed by atoms with Crippen LogP contribution in [0.5, 0.6) is 0 Å². The quantitative estimate of drug-likeness (QED) is 0.822. The fourth-order valence-corrected chi connectivity index (χ4v) is 4.02. The Morgan fingerprint density at radius 2 is 1.95 bits per heavy atom. The summed E-state index contributed by atoms with van der Waals surface area (Å²) in [7, 11) is -0.124. The Labute approximate surface area is 126 Å². The molecule has 0 amide bonds. The maximum absolute atomic E-state index is 14.1. The minimum atomic E-state index is -3.86. The van der Waals surface area contributed by atoms with Crippen LogP contribution in [0.25, 0.3) is 0 Å². The number of hydrogen-bond donors (Lipinski definition) is 1. The molecule has 21 heavy (non-hydrogen) atoms. The van der Waals surface area contributed by atoms with Crippen molar-refractivity contribution in [2.45, 2.75) is 31.3 Å². The van der Waals surface area contributed by atoms with Crippen molar-refractivity contribution in [1.82, 2.24) is 9.21 Å². The number of hydrogen-bond acceptors (Lipinski definition) is 4. The average Bonchev–Trinajstić information content (AvgIpc) is 2.37. The number of benzene rings is 1. The maximum atomic E-state index is 14.1. The number of rotatable bonds is 7. The zero-order valence-corrected chi connectivity index (χ0v) is 13.8. The van der Waals surface area contributed by atoms with Crippen molar-refractivity contribution < 1.29 is 12.8 Å². The number of sulfonamides is 1. The fraction of sp³-hybridized carbons (Fsp3) is 0.571. The van der Waals surface area contributed by atoms with Gasteiger partial charge in [0.15, 0.2) is 0 Å². The van der Waals surface area contributed by atoms with E-state index in [4.69, 9.17) is 5.73 Å². The molecule has 2 N–H and O–H groups in total. The van der Waals surface area contributed by atoms with Gasteiger partial charge in [-0.3, -0.25) is 0 Å². The molecule has 120 valence electrons. The molecule has 1 aromatic rings. The molecule has 1 aromatic carbocycles. The largest absolute Gasteiger partial charge is 0.326 e. The Bertz CT molecular complexity index is 576. The Morgan fingerprint density at radius 1 is 1.33 bits per heavy atom. The second-order valence-corrected chi connectivity index (χ2v) is 7.15. The van der Waals surface area contributed by atoms with Crippen LogP contribution in [0.1, 0.15) is 19.4 Å². The van der Waals surface area contributed by atoms with Gasteiger partial charge in [0, 0.05) is 25.7 Å². The summed E-state index contributed by atoms with van der Waals surface area (Å²) in [5.41, 5.74) is 6.00. The van der Waals surface area contributed by atoms with E-state index in [0.717, 1.165) is 0 Å². The van der Waals surface area contributed by atoms with E-state index in [1.165, 1.54) is 16.4 Å². The van der Waals surface area contributed by atoms with Crippen LogP contribution < -0.4 is 5.73 Å². The van der Waals surface area contributed by atoms with E-state index in [2.05, 4.69) is 0 Å². The van der Waals surface area contributed by atoms with Gasteiger partial charge >= 0.3 is 0 Å². The van der Waals surface area contributed by atoms with Crippen LogP contribution in [0.15, 0.2) is 23.1 Å². The molecule has 0 bridgehead atoms. The summed E-state index contributed by atoms with van der Waals surface area (Å²) in [6.45, 7) is 4.58. The second kappa shape index (κ2) is 7.31. The van der Waals surface area contributed by atoms with Crippen molar-refractivity contribution in [3.63, 3.8) is 0 Å². The first-order valence-electron chi connectivity index (χ1n) is 6.89. The van der Waals surface area contributed by atoms with Crippen LogP contribution in [0.2, 0.25) is 0 Å². The molecule has 0 aliphatic heterocycles. The van der Waals surface area contributed by atoms with Gasteiger partial charge in [0.1, 0.15) is 10.7 Å². The molecule has 5 nitrogen and oxygen atoms in total. The number of nitrogens with zero attached hydrogens (tertiary/aromatic N) is 2. The lowest BCUT2D eigenvalue weighted by molar-refractivity contribution is 0.271. The summed E-state index contributed by atoms with van der Waals surface area (Å²) in [5.74, 6) is -0.756. The number of halogens is 1. The molecule has 0 radical (unpaired) electrons.